The molecule has 1 unspecified atom stereocenters. The van der Waals surface area contributed by atoms with Gasteiger partial charge in [-0.25, -0.2) is 4.39 Å². The number of benzene rings is 1. The molecule has 0 heterocycles. The molecule has 90 valence electrons. The number of rotatable bonds is 6. The van der Waals surface area contributed by atoms with Crippen LogP contribution in [0.1, 0.15) is 6.92 Å². The van der Waals surface area contributed by atoms with Crippen LogP contribution in [0.5, 0.6) is 5.75 Å². The van der Waals surface area contributed by atoms with Crippen molar-refractivity contribution in [2.45, 2.75) is 13.0 Å². The highest BCUT2D eigenvalue weighted by Gasteiger charge is 2.07. The van der Waals surface area contributed by atoms with Gasteiger partial charge in [-0.15, -0.1) is 11.6 Å². The Morgan fingerprint density at radius 1 is 1.56 bits per heavy atom. The average Bonchev–Trinajstić information content (AvgIpc) is 2.28. The fraction of sp³-hybridized carbons (Fsp3) is 0.455. The van der Waals surface area contributed by atoms with Gasteiger partial charge in [-0.1, -0.05) is 0 Å². The van der Waals surface area contributed by atoms with Gasteiger partial charge in [-0.2, -0.15) is 0 Å². The summed E-state index contributed by atoms with van der Waals surface area (Å²) in [5.41, 5.74) is 0.646. The third kappa shape index (κ3) is 3.87. The number of hydrogen-bond donors (Lipinski definition) is 2. The van der Waals surface area contributed by atoms with Crippen LogP contribution in [0.4, 0.5) is 10.1 Å². The van der Waals surface area contributed by atoms with Crippen molar-refractivity contribution >= 4 is 17.3 Å². The zero-order valence-corrected chi connectivity index (χ0v) is 9.80. The second-order valence-corrected chi connectivity index (χ2v) is 3.57. The molecule has 2 N–H and O–H groups in total. The van der Waals surface area contributed by atoms with Crippen LogP contribution in [-0.4, -0.2) is 30.2 Å². The van der Waals surface area contributed by atoms with E-state index in [9.17, 15) is 9.50 Å². The first-order valence-corrected chi connectivity index (χ1v) is 5.61. The molecule has 1 atom stereocenters. The second kappa shape index (κ2) is 6.55. The van der Waals surface area contributed by atoms with E-state index in [4.69, 9.17) is 16.3 Å². The van der Waals surface area contributed by atoms with E-state index in [2.05, 4.69) is 5.32 Å². The van der Waals surface area contributed by atoms with Crippen LogP contribution in [-0.2, 0) is 0 Å². The Labute approximate surface area is 99.2 Å². The number of halogens is 2. The Morgan fingerprint density at radius 2 is 2.31 bits per heavy atom. The molecule has 1 aromatic carbocycles. The number of alkyl halides is 1. The molecule has 0 saturated carbocycles. The van der Waals surface area contributed by atoms with E-state index in [1.54, 1.807) is 6.07 Å². The minimum absolute atomic E-state index is 0.151. The first kappa shape index (κ1) is 13.1. The third-order valence-corrected chi connectivity index (χ3v) is 2.31. The summed E-state index contributed by atoms with van der Waals surface area (Å²) in [4.78, 5) is 0. The molecular formula is C11H15ClFNO2. The summed E-state index contributed by atoms with van der Waals surface area (Å²) in [6.45, 7) is 2.58. The topological polar surface area (TPSA) is 41.5 Å². The molecule has 3 nitrogen and oxygen atoms in total. The Bertz CT molecular complexity index is 336. The molecular weight excluding hydrogens is 233 g/mol. The van der Waals surface area contributed by atoms with Crippen LogP contribution in [0.15, 0.2) is 18.2 Å². The maximum atomic E-state index is 13.0. The van der Waals surface area contributed by atoms with Crippen molar-refractivity contribution in [1.29, 1.82) is 0 Å². The number of hydrogen-bond acceptors (Lipinski definition) is 3. The van der Waals surface area contributed by atoms with Gasteiger partial charge in [-0.05, 0) is 19.1 Å². The molecule has 0 aliphatic rings. The first-order chi connectivity index (χ1) is 7.67. The van der Waals surface area contributed by atoms with Crippen LogP contribution >= 0.6 is 11.6 Å². The van der Waals surface area contributed by atoms with Crippen LogP contribution < -0.4 is 10.1 Å². The highest BCUT2D eigenvalue weighted by Crippen LogP contribution is 2.25. The third-order valence-electron chi connectivity index (χ3n) is 1.95. The average molecular weight is 248 g/mol. The largest absolute Gasteiger partial charge is 0.492 e. The minimum Gasteiger partial charge on any atom is -0.492 e. The molecule has 0 radical (unpaired) electrons. The monoisotopic (exact) mass is 247 g/mol. The van der Waals surface area contributed by atoms with E-state index >= 15 is 0 Å². The Hall–Kier alpha value is -1.00. The lowest BCUT2D eigenvalue weighted by molar-refractivity contribution is 0.211. The van der Waals surface area contributed by atoms with Gasteiger partial charge in [0, 0.05) is 12.6 Å². The zero-order chi connectivity index (χ0) is 12.0. The lowest BCUT2D eigenvalue weighted by atomic mass is 10.2. The first-order valence-electron chi connectivity index (χ1n) is 5.07. The predicted molar refractivity (Wildman–Crippen MR) is 62.8 cm³/mol. The molecule has 0 saturated heterocycles. The van der Waals surface area contributed by atoms with Crippen molar-refractivity contribution in [2.75, 3.05) is 24.3 Å². The zero-order valence-electron chi connectivity index (χ0n) is 9.04. The van der Waals surface area contributed by atoms with E-state index in [1.165, 1.54) is 12.1 Å². The van der Waals surface area contributed by atoms with Crippen LogP contribution in [0.25, 0.3) is 0 Å². The Morgan fingerprint density at radius 3 is 2.94 bits per heavy atom. The molecule has 0 spiro atoms. The van der Waals surface area contributed by atoms with Gasteiger partial charge in [0.25, 0.3) is 0 Å². The van der Waals surface area contributed by atoms with Gasteiger partial charge in [0.15, 0.2) is 0 Å². The molecule has 0 aromatic heterocycles. The second-order valence-electron chi connectivity index (χ2n) is 3.26. The summed E-state index contributed by atoms with van der Waals surface area (Å²) in [6.07, 6.45) is -0.638. The SMILES string of the molecule is CCOc1cc(F)ccc1NCC(O)CCl. The maximum absolute atomic E-state index is 13.0. The molecule has 0 aliphatic carbocycles. The predicted octanol–water partition coefficient (Wildman–Crippen LogP) is 2.24. The molecule has 1 rings (SSSR count). The van der Waals surface area contributed by atoms with Crippen LogP contribution in [0, 0.1) is 5.82 Å². The fourth-order valence-electron chi connectivity index (χ4n) is 1.20. The lowest BCUT2D eigenvalue weighted by Crippen LogP contribution is -2.21. The Kier molecular flexibility index (Phi) is 5.35. The standard InChI is InChI=1S/C11H15ClFNO2/c1-2-16-11-5-8(13)3-4-10(11)14-7-9(15)6-12/h3-5,9,14-15H,2,6-7H2,1H3. The van der Waals surface area contributed by atoms with Crippen LogP contribution in [0.2, 0.25) is 0 Å². The highest BCUT2D eigenvalue weighted by molar-refractivity contribution is 6.18. The number of aliphatic hydroxyl groups is 1. The van der Waals surface area contributed by atoms with E-state index in [1.807, 2.05) is 6.92 Å². The van der Waals surface area contributed by atoms with Gasteiger partial charge in [0.1, 0.15) is 11.6 Å². The summed E-state index contributed by atoms with van der Waals surface area (Å²) in [6, 6.07) is 4.21. The minimum atomic E-state index is -0.638. The van der Waals surface area contributed by atoms with E-state index in [-0.39, 0.29) is 11.7 Å². The molecule has 0 amide bonds. The van der Waals surface area contributed by atoms with Crippen molar-refractivity contribution in [3.63, 3.8) is 0 Å². The number of aliphatic hydroxyl groups excluding tert-OH is 1. The van der Waals surface area contributed by atoms with Crippen molar-refractivity contribution in [2.24, 2.45) is 0 Å². The number of ether oxygens (including phenoxy) is 1. The van der Waals surface area contributed by atoms with Crippen molar-refractivity contribution < 1.29 is 14.2 Å². The van der Waals surface area contributed by atoms with E-state index < -0.39 is 6.10 Å². The van der Waals surface area contributed by atoms with Gasteiger partial charge >= 0.3 is 0 Å². The van der Waals surface area contributed by atoms with Crippen molar-refractivity contribution in [3.05, 3.63) is 24.0 Å². The van der Waals surface area contributed by atoms with Crippen molar-refractivity contribution in [1.82, 2.24) is 0 Å². The number of anilines is 1. The van der Waals surface area contributed by atoms with Gasteiger partial charge in [0.05, 0.1) is 24.3 Å². The lowest BCUT2D eigenvalue weighted by Gasteiger charge is -2.14. The number of nitrogens with one attached hydrogen (secondary N) is 1. The summed E-state index contributed by atoms with van der Waals surface area (Å²) < 4.78 is 18.2. The maximum Gasteiger partial charge on any atom is 0.145 e. The molecule has 5 heteroatoms. The van der Waals surface area contributed by atoms with E-state index in [0.717, 1.165) is 0 Å². The molecule has 1 aromatic rings. The van der Waals surface area contributed by atoms with Crippen molar-refractivity contribution in [3.8, 4) is 5.75 Å². The molecule has 16 heavy (non-hydrogen) atoms. The summed E-state index contributed by atoms with van der Waals surface area (Å²) in [7, 11) is 0. The van der Waals surface area contributed by atoms with Gasteiger partial charge < -0.3 is 15.2 Å². The summed E-state index contributed by atoms with van der Waals surface area (Å²) in [5.74, 6) is 0.231. The van der Waals surface area contributed by atoms with Gasteiger partial charge in [0.2, 0.25) is 0 Å². The fourth-order valence-corrected chi connectivity index (χ4v) is 1.31. The van der Waals surface area contributed by atoms with E-state index in [0.29, 0.717) is 24.6 Å². The summed E-state index contributed by atoms with van der Waals surface area (Å²) in [5, 5.41) is 12.2. The molecule has 0 fully saturated rings. The Balaban J connectivity index is 2.70. The highest BCUT2D eigenvalue weighted by atomic mass is 35.5. The normalized spacial score (nSPS) is 12.2. The summed E-state index contributed by atoms with van der Waals surface area (Å²) >= 11 is 5.46. The molecule has 0 bridgehead atoms. The smallest absolute Gasteiger partial charge is 0.145 e. The van der Waals surface area contributed by atoms with Crippen LogP contribution in [0.3, 0.4) is 0 Å². The quantitative estimate of drug-likeness (QED) is 0.758. The molecule has 0 aliphatic heterocycles. The van der Waals surface area contributed by atoms with Gasteiger partial charge in [-0.3, -0.25) is 0 Å².